The number of aromatic nitrogens is 2. The van der Waals surface area contributed by atoms with Crippen LogP contribution in [0.2, 0.25) is 0 Å². The summed E-state index contributed by atoms with van der Waals surface area (Å²) in [4.78, 5) is 0. The van der Waals surface area contributed by atoms with Gasteiger partial charge in [0.1, 0.15) is 10.8 Å². The summed E-state index contributed by atoms with van der Waals surface area (Å²) in [5.74, 6) is 0.835. The van der Waals surface area contributed by atoms with Crippen molar-refractivity contribution in [3.63, 3.8) is 0 Å². The summed E-state index contributed by atoms with van der Waals surface area (Å²) in [5.41, 5.74) is 6.53. The van der Waals surface area contributed by atoms with Gasteiger partial charge in [0, 0.05) is 5.56 Å². The fourth-order valence-corrected chi connectivity index (χ4v) is 1.93. The molecule has 0 bridgehead atoms. The molecule has 0 atom stereocenters. The molecule has 0 amide bonds. The van der Waals surface area contributed by atoms with Gasteiger partial charge in [0.2, 0.25) is 5.13 Å². The Morgan fingerprint density at radius 2 is 2.12 bits per heavy atom. The van der Waals surface area contributed by atoms with Gasteiger partial charge in [-0.3, -0.25) is 0 Å². The van der Waals surface area contributed by atoms with Gasteiger partial charge in [0.15, 0.2) is 0 Å². The van der Waals surface area contributed by atoms with Gasteiger partial charge >= 0.3 is 0 Å². The molecule has 5 heteroatoms. The summed E-state index contributed by atoms with van der Waals surface area (Å²) in [5, 5.41) is 9.07. The fourth-order valence-electron chi connectivity index (χ4n) is 1.33. The molecule has 2 N–H and O–H groups in total. The molecule has 0 saturated carbocycles. The zero-order valence-electron chi connectivity index (χ0n) is 9.18. The fraction of sp³-hybridized carbons (Fsp3) is 0.273. The third-order valence-electron chi connectivity index (χ3n) is 1.89. The van der Waals surface area contributed by atoms with Gasteiger partial charge in [-0.25, -0.2) is 0 Å². The van der Waals surface area contributed by atoms with E-state index in [2.05, 4.69) is 10.2 Å². The van der Waals surface area contributed by atoms with E-state index in [9.17, 15) is 0 Å². The molecule has 84 valence electrons. The van der Waals surface area contributed by atoms with Crippen LogP contribution in [-0.4, -0.2) is 16.3 Å². The molecular formula is C11H13N3OS. The first-order valence-corrected chi connectivity index (χ1v) is 5.83. The SMILES string of the molecule is CC(C)Oc1cccc(-c2nnc(N)s2)c1. The highest BCUT2D eigenvalue weighted by Gasteiger charge is 2.06. The Bertz CT molecular complexity index is 482. The van der Waals surface area contributed by atoms with Crippen molar-refractivity contribution >= 4 is 16.5 Å². The van der Waals surface area contributed by atoms with E-state index < -0.39 is 0 Å². The zero-order chi connectivity index (χ0) is 11.5. The molecule has 0 unspecified atom stereocenters. The van der Waals surface area contributed by atoms with Crippen molar-refractivity contribution in [2.24, 2.45) is 0 Å². The summed E-state index contributed by atoms with van der Waals surface area (Å²) >= 11 is 1.37. The number of hydrogen-bond donors (Lipinski definition) is 1. The van der Waals surface area contributed by atoms with E-state index >= 15 is 0 Å². The third-order valence-corrected chi connectivity index (χ3v) is 2.69. The molecule has 1 heterocycles. The minimum absolute atomic E-state index is 0.162. The number of benzene rings is 1. The van der Waals surface area contributed by atoms with Gasteiger partial charge < -0.3 is 10.5 Å². The van der Waals surface area contributed by atoms with Gasteiger partial charge in [-0.05, 0) is 26.0 Å². The Balaban J connectivity index is 2.28. The lowest BCUT2D eigenvalue weighted by Crippen LogP contribution is -2.05. The van der Waals surface area contributed by atoms with Crippen LogP contribution in [-0.2, 0) is 0 Å². The molecule has 0 aliphatic heterocycles. The van der Waals surface area contributed by atoms with E-state index in [-0.39, 0.29) is 6.10 Å². The molecule has 4 nitrogen and oxygen atoms in total. The average Bonchev–Trinajstić information content (AvgIpc) is 2.64. The molecule has 16 heavy (non-hydrogen) atoms. The molecular weight excluding hydrogens is 222 g/mol. The van der Waals surface area contributed by atoms with Gasteiger partial charge in [-0.1, -0.05) is 23.5 Å². The topological polar surface area (TPSA) is 61.0 Å². The molecule has 1 aromatic heterocycles. The van der Waals surface area contributed by atoms with Crippen LogP contribution < -0.4 is 10.5 Å². The van der Waals surface area contributed by atoms with Crippen molar-refractivity contribution in [2.75, 3.05) is 5.73 Å². The molecule has 2 rings (SSSR count). The van der Waals surface area contributed by atoms with E-state index in [1.807, 2.05) is 38.1 Å². The van der Waals surface area contributed by atoms with Crippen molar-refractivity contribution in [3.8, 4) is 16.3 Å². The van der Waals surface area contributed by atoms with Crippen molar-refractivity contribution < 1.29 is 4.74 Å². The monoisotopic (exact) mass is 235 g/mol. The lowest BCUT2D eigenvalue weighted by atomic mass is 10.2. The lowest BCUT2D eigenvalue weighted by molar-refractivity contribution is 0.242. The normalized spacial score (nSPS) is 10.7. The maximum atomic E-state index is 5.61. The Morgan fingerprint density at radius 3 is 2.75 bits per heavy atom. The van der Waals surface area contributed by atoms with Crippen LogP contribution in [0, 0.1) is 0 Å². The number of rotatable bonds is 3. The average molecular weight is 235 g/mol. The second-order valence-electron chi connectivity index (χ2n) is 3.64. The molecule has 0 aliphatic carbocycles. The van der Waals surface area contributed by atoms with E-state index in [1.54, 1.807) is 0 Å². The Labute approximate surface area is 98.1 Å². The van der Waals surface area contributed by atoms with E-state index in [1.165, 1.54) is 11.3 Å². The van der Waals surface area contributed by atoms with Gasteiger partial charge in [0.05, 0.1) is 6.10 Å². The number of anilines is 1. The van der Waals surface area contributed by atoms with Crippen LogP contribution in [0.1, 0.15) is 13.8 Å². The number of nitrogens with two attached hydrogens (primary N) is 1. The summed E-state index contributed by atoms with van der Waals surface area (Å²) in [6.45, 7) is 3.99. The molecule has 0 saturated heterocycles. The number of nitrogen functional groups attached to an aromatic ring is 1. The van der Waals surface area contributed by atoms with Crippen LogP contribution in [0.5, 0.6) is 5.75 Å². The lowest BCUT2D eigenvalue weighted by Gasteiger charge is -2.09. The molecule has 0 fully saturated rings. The first-order valence-electron chi connectivity index (χ1n) is 5.01. The molecule has 1 aromatic carbocycles. The maximum Gasteiger partial charge on any atom is 0.203 e. The van der Waals surface area contributed by atoms with Gasteiger partial charge in [0.25, 0.3) is 0 Å². The second-order valence-corrected chi connectivity index (χ2v) is 4.65. The standard InChI is InChI=1S/C11H13N3OS/c1-7(2)15-9-5-3-4-8(6-9)10-13-14-11(12)16-10/h3-7H,1-2H3,(H2,12,14). The van der Waals surface area contributed by atoms with Gasteiger partial charge in [-0.15, -0.1) is 10.2 Å². The van der Waals surface area contributed by atoms with Crippen molar-refractivity contribution in [3.05, 3.63) is 24.3 Å². The highest BCUT2D eigenvalue weighted by atomic mass is 32.1. The molecule has 0 spiro atoms. The van der Waals surface area contributed by atoms with Crippen LogP contribution in [0.15, 0.2) is 24.3 Å². The smallest absolute Gasteiger partial charge is 0.203 e. The summed E-state index contributed by atoms with van der Waals surface area (Å²) in [6, 6.07) is 7.77. The van der Waals surface area contributed by atoms with Crippen LogP contribution >= 0.6 is 11.3 Å². The number of ether oxygens (including phenoxy) is 1. The first kappa shape index (κ1) is 10.9. The van der Waals surface area contributed by atoms with Crippen LogP contribution in [0.4, 0.5) is 5.13 Å². The zero-order valence-corrected chi connectivity index (χ0v) is 9.99. The van der Waals surface area contributed by atoms with Gasteiger partial charge in [-0.2, -0.15) is 0 Å². The summed E-state index contributed by atoms with van der Waals surface area (Å²) in [6.07, 6.45) is 0.162. The quantitative estimate of drug-likeness (QED) is 0.888. The van der Waals surface area contributed by atoms with Crippen LogP contribution in [0.3, 0.4) is 0 Å². The molecule has 2 aromatic rings. The number of nitrogens with zero attached hydrogens (tertiary/aromatic N) is 2. The largest absolute Gasteiger partial charge is 0.491 e. The van der Waals surface area contributed by atoms with E-state index in [0.29, 0.717) is 5.13 Å². The molecule has 0 radical (unpaired) electrons. The van der Waals surface area contributed by atoms with E-state index in [0.717, 1.165) is 16.3 Å². The van der Waals surface area contributed by atoms with Crippen molar-refractivity contribution in [2.45, 2.75) is 20.0 Å². The van der Waals surface area contributed by atoms with Crippen molar-refractivity contribution in [1.29, 1.82) is 0 Å². The van der Waals surface area contributed by atoms with Crippen molar-refractivity contribution in [1.82, 2.24) is 10.2 Å². The second kappa shape index (κ2) is 4.49. The first-order chi connectivity index (χ1) is 7.65. The minimum Gasteiger partial charge on any atom is -0.491 e. The minimum atomic E-state index is 0.162. The highest BCUT2D eigenvalue weighted by molar-refractivity contribution is 7.18. The predicted molar refractivity (Wildman–Crippen MR) is 65.5 cm³/mol. The summed E-state index contributed by atoms with van der Waals surface area (Å²) < 4.78 is 5.61. The Kier molecular flexibility index (Phi) is 3.05. The Morgan fingerprint density at radius 1 is 1.31 bits per heavy atom. The van der Waals surface area contributed by atoms with E-state index in [4.69, 9.17) is 10.5 Å². The Hall–Kier alpha value is -1.62. The van der Waals surface area contributed by atoms with Crippen LogP contribution in [0.25, 0.3) is 10.6 Å². The predicted octanol–water partition coefficient (Wildman–Crippen LogP) is 2.57. The summed E-state index contributed by atoms with van der Waals surface area (Å²) in [7, 11) is 0. The third kappa shape index (κ3) is 2.49. The molecule has 0 aliphatic rings. The number of hydrogen-bond acceptors (Lipinski definition) is 5. The highest BCUT2D eigenvalue weighted by Crippen LogP contribution is 2.27. The maximum absolute atomic E-state index is 5.61.